The van der Waals surface area contributed by atoms with Crippen LogP contribution in [0.15, 0.2) is 36.9 Å². The van der Waals surface area contributed by atoms with Gasteiger partial charge in [-0.15, -0.1) is 0 Å². The fourth-order valence-electron chi connectivity index (χ4n) is 1.45. The summed E-state index contributed by atoms with van der Waals surface area (Å²) in [5.41, 5.74) is 0.667. The van der Waals surface area contributed by atoms with Gasteiger partial charge in [0.25, 0.3) is 0 Å². The highest BCUT2D eigenvalue weighted by atomic mass is 16.6. The zero-order chi connectivity index (χ0) is 12.4. The first-order chi connectivity index (χ1) is 8.11. The normalized spacial score (nSPS) is 15.2. The van der Waals surface area contributed by atoms with Crippen LogP contribution in [0.25, 0.3) is 6.08 Å². The predicted octanol–water partition coefficient (Wildman–Crippen LogP) is 2.10. The smallest absolute Gasteiger partial charge is 0.339 e. The molecule has 0 saturated carbocycles. The summed E-state index contributed by atoms with van der Waals surface area (Å²) in [6, 6.07) is 4.94. The second-order valence-electron chi connectivity index (χ2n) is 3.52. The van der Waals surface area contributed by atoms with E-state index in [1.165, 1.54) is 6.08 Å². The summed E-state index contributed by atoms with van der Waals surface area (Å²) in [5, 5.41) is 0. The van der Waals surface area contributed by atoms with Gasteiger partial charge in [-0.1, -0.05) is 31.4 Å². The Morgan fingerprint density at radius 2 is 2.00 bits per heavy atom. The third-order valence-electron chi connectivity index (χ3n) is 2.29. The molecule has 0 aliphatic carbocycles. The lowest BCUT2D eigenvalue weighted by Crippen LogP contribution is -2.20. The fraction of sp³-hybridized carbons (Fsp3) is 0.0769. The maximum absolute atomic E-state index is 11.5. The largest absolute Gasteiger partial charge is 0.422 e. The van der Waals surface area contributed by atoms with Gasteiger partial charge in [-0.25, -0.2) is 4.79 Å². The standard InChI is InChI=1S/C13H10O4/c1-3-9-5-4-6-10-12(9)17-11(14)7-8(2)13(15)16-10/h3-6H,1-2,7H2. The number of fused-ring (bicyclic) bond motifs is 1. The van der Waals surface area contributed by atoms with Gasteiger partial charge in [-0.05, 0) is 6.07 Å². The van der Waals surface area contributed by atoms with E-state index in [0.29, 0.717) is 5.56 Å². The number of hydrogen-bond donors (Lipinski definition) is 0. The summed E-state index contributed by atoms with van der Waals surface area (Å²) in [6.45, 7) is 7.07. The van der Waals surface area contributed by atoms with Crippen LogP contribution in [0.5, 0.6) is 11.5 Å². The van der Waals surface area contributed by atoms with Gasteiger partial charge in [-0.3, -0.25) is 4.79 Å². The van der Waals surface area contributed by atoms with E-state index < -0.39 is 11.9 Å². The molecule has 0 unspecified atom stereocenters. The molecule has 1 aromatic rings. The summed E-state index contributed by atoms with van der Waals surface area (Å²) in [6.07, 6.45) is 1.35. The summed E-state index contributed by atoms with van der Waals surface area (Å²) in [4.78, 5) is 23.0. The molecule has 1 aromatic carbocycles. The lowest BCUT2D eigenvalue weighted by atomic mass is 10.1. The Labute approximate surface area is 98.2 Å². The average molecular weight is 230 g/mol. The Hall–Kier alpha value is -2.36. The first kappa shape index (κ1) is 11.1. The molecule has 86 valence electrons. The van der Waals surface area contributed by atoms with Gasteiger partial charge in [0.15, 0.2) is 11.5 Å². The zero-order valence-corrected chi connectivity index (χ0v) is 9.06. The Balaban J connectivity index is 2.53. The molecule has 0 bridgehead atoms. The summed E-state index contributed by atoms with van der Waals surface area (Å²) >= 11 is 0. The van der Waals surface area contributed by atoms with Crippen molar-refractivity contribution in [2.45, 2.75) is 6.42 Å². The Morgan fingerprint density at radius 1 is 1.24 bits per heavy atom. The molecule has 0 atom stereocenters. The van der Waals surface area contributed by atoms with Gasteiger partial charge in [-0.2, -0.15) is 0 Å². The number of rotatable bonds is 1. The van der Waals surface area contributed by atoms with Crippen LogP contribution in [0.4, 0.5) is 0 Å². The lowest BCUT2D eigenvalue weighted by Gasteiger charge is -2.16. The molecule has 0 fully saturated rings. The van der Waals surface area contributed by atoms with Gasteiger partial charge in [0.2, 0.25) is 0 Å². The summed E-state index contributed by atoms with van der Waals surface area (Å²) in [7, 11) is 0. The minimum atomic E-state index is -0.621. The van der Waals surface area contributed by atoms with E-state index >= 15 is 0 Å². The molecule has 0 radical (unpaired) electrons. The Morgan fingerprint density at radius 3 is 2.71 bits per heavy atom. The van der Waals surface area contributed by atoms with Gasteiger partial charge in [0.05, 0.1) is 6.42 Å². The van der Waals surface area contributed by atoms with Crippen LogP contribution in [0.1, 0.15) is 12.0 Å². The molecule has 0 aromatic heterocycles. The maximum Gasteiger partial charge on any atom is 0.339 e. The van der Waals surface area contributed by atoms with Crippen molar-refractivity contribution in [3.05, 3.63) is 42.5 Å². The van der Waals surface area contributed by atoms with E-state index in [1.807, 2.05) is 0 Å². The van der Waals surface area contributed by atoms with Crippen LogP contribution in [-0.4, -0.2) is 11.9 Å². The molecule has 1 aliphatic heterocycles. The van der Waals surface area contributed by atoms with Gasteiger partial charge < -0.3 is 9.47 Å². The third kappa shape index (κ3) is 2.10. The van der Waals surface area contributed by atoms with E-state index in [2.05, 4.69) is 13.2 Å². The number of benzene rings is 1. The molecular formula is C13H10O4. The van der Waals surface area contributed by atoms with Crippen molar-refractivity contribution < 1.29 is 19.1 Å². The third-order valence-corrected chi connectivity index (χ3v) is 2.29. The SMILES string of the molecule is C=Cc1cccc2c1OC(=O)CC(=C)C(=O)O2. The van der Waals surface area contributed by atoms with Crippen molar-refractivity contribution in [3.8, 4) is 11.5 Å². The van der Waals surface area contributed by atoms with Crippen LogP contribution in [0.2, 0.25) is 0 Å². The van der Waals surface area contributed by atoms with E-state index in [-0.39, 0.29) is 23.5 Å². The van der Waals surface area contributed by atoms with Gasteiger partial charge >= 0.3 is 11.9 Å². The molecular weight excluding hydrogens is 220 g/mol. The molecule has 0 spiro atoms. The number of carbonyl (C=O) groups is 2. The highest BCUT2D eigenvalue weighted by Gasteiger charge is 2.23. The quantitative estimate of drug-likeness (QED) is 0.421. The molecule has 0 N–H and O–H groups in total. The molecule has 2 rings (SSSR count). The number of esters is 2. The monoisotopic (exact) mass is 230 g/mol. The number of hydrogen-bond acceptors (Lipinski definition) is 4. The van der Waals surface area contributed by atoms with Crippen molar-refractivity contribution in [2.75, 3.05) is 0 Å². The van der Waals surface area contributed by atoms with Crippen molar-refractivity contribution in [1.82, 2.24) is 0 Å². The molecule has 1 heterocycles. The molecule has 4 heteroatoms. The maximum atomic E-state index is 11.5. The van der Waals surface area contributed by atoms with E-state index in [9.17, 15) is 9.59 Å². The van der Waals surface area contributed by atoms with E-state index in [4.69, 9.17) is 9.47 Å². The Kier molecular flexibility index (Phi) is 2.78. The minimum absolute atomic E-state index is 0.0738. The molecule has 0 saturated heterocycles. The number of ether oxygens (including phenoxy) is 2. The summed E-state index contributed by atoms with van der Waals surface area (Å²) < 4.78 is 10.2. The Bertz CT molecular complexity index is 528. The second kappa shape index (κ2) is 4.25. The molecule has 17 heavy (non-hydrogen) atoms. The number of para-hydroxylation sites is 1. The second-order valence-corrected chi connectivity index (χ2v) is 3.52. The van der Waals surface area contributed by atoms with Crippen LogP contribution >= 0.6 is 0 Å². The zero-order valence-electron chi connectivity index (χ0n) is 9.06. The van der Waals surface area contributed by atoms with Crippen LogP contribution in [0, 0.1) is 0 Å². The van der Waals surface area contributed by atoms with Gasteiger partial charge in [0.1, 0.15) is 0 Å². The molecule has 4 nitrogen and oxygen atoms in total. The first-order valence-electron chi connectivity index (χ1n) is 4.98. The predicted molar refractivity (Wildman–Crippen MR) is 61.6 cm³/mol. The first-order valence-corrected chi connectivity index (χ1v) is 4.98. The van der Waals surface area contributed by atoms with Crippen molar-refractivity contribution in [3.63, 3.8) is 0 Å². The molecule has 1 aliphatic rings. The highest BCUT2D eigenvalue weighted by molar-refractivity contribution is 5.96. The summed E-state index contributed by atoms with van der Waals surface area (Å²) in [5.74, 6) is -0.749. The highest BCUT2D eigenvalue weighted by Crippen LogP contribution is 2.34. The van der Waals surface area contributed by atoms with E-state index in [1.54, 1.807) is 18.2 Å². The van der Waals surface area contributed by atoms with E-state index in [0.717, 1.165) is 0 Å². The van der Waals surface area contributed by atoms with Crippen molar-refractivity contribution in [2.24, 2.45) is 0 Å². The average Bonchev–Trinajstić information content (AvgIpc) is 2.29. The fourth-order valence-corrected chi connectivity index (χ4v) is 1.45. The van der Waals surface area contributed by atoms with Crippen LogP contribution in [0.3, 0.4) is 0 Å². The van der Waals surface area contributed by atoms with Gasteiger partial charge in [0, 0.05) is 11.1 Å². The lowest BCUT2D eigenvalue weighted by molar-refractivity contribution is -0.138. The topological polar surface area (TPSA) is 52.6 Å². The van der Waals surface area contributed by atoms with Crippen molar-refractivity contribution >= 4 is 18.0 Å². The van der Waals surface area contributed by atoms with Crippen molar-refractivity contribution in [1.29, 1.82) is 0 Å². The van der Waals surface area contributed by atoms with Crippen LogP contribution < -0.4 is 9.47 Å². The number of carbonyl (C=O) groups excluding carboxylic acids is 2. The molecule has 0 amide bonds. The minimum Gasteiger partial charge on any atom is -0.422 e. The van der Waals surface area contributed by atoms with Crippen LogP contribution in [-0.2, 0) is 9.59 Å².